The normalized spacial score (nSPS) is 10.5. The molecule has 2 aromatic rings. The van der Waals surface area contributed by atoms with E-state index in [2.05, 4.69) is 45.1 Å². The highest BCUT2D eigenvalue weighted by molar-refractivity contribution is 9.10. The van der Waals surface area contributed by atoms with E-state index in [0.717, 1.165) is 41.8 Å². The van der Waals surface area contributed by atoms with Gasteiger partial charge in [-0.25, -0.2) is 9.97 Å². The summed E-state index contributed by atoms with van der Waals surface area (Å²) in [4.78, 5) is 23.4. The Hall–Kier alpha value is -1.95. The number of rotatable bonds is 7. The minimum absolute atomic E-state index is 0.0388. The van der Waals surface area contributed by atoms with Gasteiger partial charge in [0, 0.05) is 28.9 Å². The molecule has 6 heteroatoms. The lowest BCUT2D eigenvalue weighted by Gasteiger charge is -2.21. The third-order valence-electron chi connectivity index (χ3n) is 3.45. The van der Waals surface area contributed by atoms with Crippen molar-refractivity contribution in [1.29, 1.82) is 0 Å². The van der Waals surface area contributed by atoms with E-state index in [0.29, 0.717) is 11.6 Å². The third-order valence-corrected chi connectivity index (χ3v) is 3.98. The van der Waals surface area contributed by atoms with Crippen LogP contribution in [0.25, 0.3) is 0 Å². The van der Waals surface area contributed by atoms with Crippen LogP contribution in [-0.2, 0) is 0 Å². The second-order valence-corrected chi connectivity index (χ2v) is 6.56. The third kappa shape index (κ3) is 5.03. The van der Waals surface area contributed by atoms with E-state index in [1.807, 2.05) is 36.1 Å². The molecule has 1 N–H and O–H groups in total. The Morgan fingerprint density at radius 2 is 1.75 bits per heavy atom. The molecule has 0 aliphatic rings. The van der Waals surface area contributed by atoms with Crippen LogP contribution in [0.15, 0.2) is 34.8 Å². The number of hydrogen-bond donors (Lipinski definition) is 1. The second kappa shape index (κ2) is 8.78. The Labute approximate surface area is 151 Å². The number of benzene rings is 1. The van der Waals surface area contributed by atoms with Gasteiger partial charge in [-0.05, 0) is 50.1 Å². The molecule has 0 atom stereocenters. The molecule has 1 aromatic carbocycles. The molecule has 0 radical (unpaired) electrons. The van der Waals surface area contributed by atoms with Crippen molar-refractivity contribution in [1.82, 2.24) is 14.9 Å². The van der Waals surface area contributed by atoms with Gasteiger partial charge in [0.25, 0.3) is 5.91 Å². The van der Waals surface area contributed by atoms with Crippen LogP contribution < -0.4 is 5.32 Å². The summed E-state index contributed by atoms with van der Waals surface area (Å²) in [5.74, 6) is 0.400. The molecular weight excluding hydrogens is 368 g/mol. The first-order valence-corrected chi connectivity index (χ1v) is 9.00. The fourth-order valence-electron chi connectivity index (χ4n) is 2.41. The average Bonchev–Trinajstić information content (AvgIpc) is 2.55. The lowest BCUT2D eigenvalue weighted by Crippen LogP contribution is -2.33. The van der Waals surface area contributed by atoms with Crippen molar-refractivity contribution >= 4 is 33.5 Å². The Kier molecular flexibility index (Phi) is 6.73. The zero-order chi connectivity index (χ0) is 17.5. The van der Waals surface area contributed by atoms with Gasteiger partial charge in [0.15, 0.2) is 0 Å². The molecule has 24 heavy (non-hydrogen) atoms. The van der Waals surface area contributed by atoms with Gasteiger partial charge in [-0.2, -0.15) is 0 Å². The van der Waals surface area contributed by atoms with E-state index < -0.39 is 0 Å². The number of carbonyl (C=O) groups excluding carboxylic acids is 1. The maximum Gasteiger partial charge on any atom is 0.272 e. The van der Waals surface area contributed by atoms with Gasteiger partial charge >= 0.3 is 0 Å². The molecule has 0 bridgehead atoms. The van der Waals surface area contributed by atoms with Gasteiger partial charge in [-0.3, -0.25) is 4.79 Å². The lowest BCUT2D eigenvalue weighted by atomic mass is 10.2. The molecule has 1 aromatic heterocycles. The van der Waals surface area contributed by atoms with Crippen molar-refractivity contribution in [3.05, 3.63) is 46.2 Å². The molecule has 0 unspecified atom stereocenters. The molecule has 128 valence electrons. The zero-order valence-corrected chi connectivity index (χ0v) is 15.9. The number of nitrogens with zero attached hydrogens (tertiary/aromatic N) is 3. The molecule has 0 aliphatic heterocycles. The Morgan fingerprint density at radius 3 is 2.33 bits per heavy atom. The van der Waals surface area contributed by atoms with E-state index in [4.69, 9.17) is 0 Å². The summed E-state index contributed by atoms with van der Waals surface area (Å²) in [7, 11) is 0. The number of aromatic nitrogens is 2. The van der Waals surface area contributed by atoms with Gasteiger partial charge < -0.3 is 10.2 Å². The van der Waals surface area contributed by atoms with Gasteiger partial charge in [-0.15, -0.1) is 0 Å². The average molecular weight is 391 g/mol. The number of aryl methyl sites for hydroxylation is 1. The number of hydrogen-bond acceptors (Lipinski definition) is 4. The van der Waals surface area contributed by atoms with Crippen molar-refractivity contribution in [3.8, 4) is 0 Å². The monoisotopic (exact) mass is 390 g/mol. The Balaban J connectivity index is 2.23. The van der Waals surface area contributed by atoms with Gasteiger partial charge in [0.1, 0.15) is 5.69 Å². The van der Waals surface area contributed by atoms with Crippen LogP contribution in [0.3, 0.4) is 0 Å². The van der Waals surface area contributed by atoms with Crippen LogP contribution in [0, 0.1) is 6.92 Å². The Morgan fingerprint density at radius 1 is 1.12 bits per heavy atom. The summed E-state index contributed by atoms with van der Waals surface area (Å²) < 4.78 is 1.00. The van der Waals surface area contributed by atoms with Crippen LogP contribution in [0.1, 0.15) is 42.9 Å². The molecule has 0 saturated carbocycles. The minimum atomic E-state index is -0.0388. The summed E-state index contributed by atoms with van der Waals surface area (Å²) in [5.41, 5.74) is 2.08. The number of amides is 1. The number of nitrogens with one attached hydrogen (secondary N) is 1. The molecule has 1 amide bonds. The van der Waals surface area contributed by atoms with Gasteiger partial charge in [0.2, 0.25) is 5.95 Å². The van der Waals surface area contributed by atoms with Crippen molar-refractivity contribution in [2.24, 2.45) is 0 Å². The maximum atomic E-state index is 12.7. The van der Waals surface area contributed by atoms with Gasteiger partial charge in [-0.1, -0.05) is 29.8 Å². The predicted molar refractivity (Wildman–Crippen MR) is 101 cm³/mol. The van der Waals surface area contributed by atoms with Gasteiger partial charge in [0.05, 0.1) is 0 Å². The smallest absolute Gasteiger partial charge is 0.272 e. The quantitative estimate of drug-likeness (QED) is 0.752. The van der Waals surface area contributed by atoms with E-state index in [-0.39, 0.29) is 5.91 Å². The summed E-state index contributed by atoms with van der Waals surface area (Å²) in [6.45, 7) is 7.50. The van der Waals surface area contributed by atoms with E-state index in [1.54, 1.807) is 6.07 Å². The highest BCUT2D eigenvalue weighted by atomic mass is 79.9. The molecule has 1 heterocycles. The maximum absolute atomic E-state index is 12.7. The number of anilines is 2. The fourth-order valence-corrected chi connectivity index (χ4v) is 2.68. The highest BCUT2D eigenvalue weighted by Crippen LogP contribution is 2.18. The van der Waals surface area contributed by atoms with Crippen LogP contribution >= 0.6 is 15.9 Å². The van der Waals surface area contributed by atoms with E-state index in [9.17, 15) is 4.79 Å². The largest absolute Gasteiger partial charge is 0.337 e. The van der Waals surface area contributed by atoms with Crippen LogP contribution in [0.5, 0.6) is 0 Å². The van der Waals surface area contributed by atoms with E-state index in [1.165, 1.54) is 0 Å². The molecule has 0 spiro atoms. The first-order valence-electron chi connectivity index (χ1n) is 8.21. The fraction of sp³-hybridized carbons (Fsp3) is 0.389. The second-order valence-electron chi connectivity index (χ2n) is 5.64. The van der Waals surface area contributed by atoms with Crippen molar-refractivity contribution in [2.45, 2.75) is 33.6 Å². The molecular formula is C18H23BrN4O. The predicted octanol–water partition coefficient (Wildman–Crippen LogP) is 4.55. The standard InChI is InChI=1S/C18H23BrN4O/c1-4-10-23(11-5-2)17(24)16-12-13(3)20-18(22-16)21-15-8-6-14(19)7-9-15/h6-9,12H,4-5,10-11H2,1-3H3,(H,20,21,22). The number of carbonyl (C=O) groups is 1. The van der Waals surface area contributed by atoms with Crippen molar-refractivity contribution in [3.63, 3.8) is 0 Å². The molecule has 2 rings (SSSR count). The highest BCUT2D eigenvalue weighted by Gasteiger charge is 2.17. The summed E-state index contributed by atoms with van der Waals surface area (Å²) in [5, 5.41) is 3.16. The van der Waals surface area contributed by atoms with Crippen LogP contribution in [0.2, 0.25) is 0 Å². The topological polar surface area (TPSA) is 58.1 Å². The van der Waals surface area contributed by atoms with Crippen molar-refractivity contribution < 1.29 is 4.79 Å². The lowest BCUT2D eigenvalue weighted by molar-refractivity contribution is 0.0749. The first-order chi connectivity index (χ1) is 11.5. The molecule has 0 saturated heterocycles. The van der Waals surface area contributed by atoms with Crippen LogP contribution in [0.4, 0.5) is 11.6 Å². The van der Waals surface area contributed by atoms with Crippen molar-refractivity contribution in [2.75, 3.05) is 18.4 Å². The summed E-state index contributed by atoms with van der Waals surface area (Å²) in [6.07, 6.45) is 1.86. The summed E-state index contributed by atoms with van der Waals surface area (Å²) in [6, 6.07) is 9.48. The first kappa shape index (κ1) is 18.4. The molecule has 0 fully saturated rings. The number of halogens is 1. The minimum Gasteiger partial charge on any atom is -0.337 e. The SMILES string of the molecule is CCCN(CCC)C(=O)c1cc(C)nc(Nc2ccc(Br)cc2)n1. The molecule has 0 aliphatic carbocycles. The molecule has 5 nitrogen and oxygen atoms in total. The summed E-state index contributed by atoms with van der Waals surface area (Å²) >= 11 is 3.41. The Bertz CT molecular complexity index is 682. The van der Waals surface area contributed by atoms with E-state index >= 15 is 0 Å². The van der Waals surface area contributed by atoms with Crippen LogP contribution in [-0.4, -0.2) is 33.9 Å². The zero-order valence-electron chi connectivity index (χ0n) is 14.3.